The van der Waals surface area contributed by atoms with Crippen LogP contribution in [-0.4, -0.2) is 10.1 Å². The summed E-state index contributed by atoms with van der Waals surface area (Å²) < 4.78 is 25.7. The number of hydrogen-bond acceptors (Lipinski definition) is 3. The van der Waals surface area contributed by atoms with E-state index in [0.717, 1.165) is 12.1 Å². The van der Waals surface area contributed by atoms with Gasteiger partial charge in [0.1, 0.15) is 5.03 Å². The Morgan fingerprint density at radius 3 is 2.53 bits per heavy atom. The molecule has 2 nitrogen and oxygen atoms in total. The van der Waals surface area contributed by atoms with Crippen molar-refractivity contribution >= 4 is 11.8 Å². The Hall–Kier alpha value is -1.46. The first-order chi connectivity index (χ1) is 8.19. The molecule has 1 aromatic heterocycles. The molecule has 1 N–H and O–H groups in total. The monoisotopic (exact) mass is 253 g/mol. The molecule has 0 aliphatic rings. The first kappa shape index (κ1) is 12.0. The van der Waals surface area contributed by atoms with Crippen LogP contribution in [0.4, 0.5) is 8.78 Å². The van der Waals surface area contributed by atoms with Gasteiger partial charge in [0, 0.05) is 11.1 Å². The van der Waals surface area contributed by atoms with Crippen LogP contribution in [0.25, 0.3) is 0 Å². The maximum absolute atomic E-state index is 13.0. The second-order valence-electron chi connectivity index (χ2n) is 3.34. The molecular weight excluding hydrogens is 244 g/mol. The van der Waals surface area contributed by atoms with Crippen LogP contribution < -0.4 is 0 Å². The van der Waals surface area contributed by atoms with Gasteiger partial charge in [0.15, 0.2) is 11.6 Å². The second-order valence-corrected chi connectivity index (χ2v) is 4.43. The molecule has 5 heteroatoms. The molecule has 0 atom stereocenters. The minimum Gasteiger partial charge on any atom is -0.392 e. The number of aliphatic hydroxyl groups excluding tert-OH is 1. The number of pyridine rings is 1. The van der Waals surface area contributed by atoms with Gasteiger partial charge in [0.2, 0.25) is 0 Å². The summed E-state index contributed by atoms with van der Waals surface area (Å²) in [5.74, 6) is -1.74. The average Bonchev–Trinajstić information content (AvgIpc) is 2.35. The van der Waals surface area contributed by atoms with Crippen LogP contribution in [0.5, 0.6) is 0 Å². The van der Waals surface area contributed by atoms with Crippen molar-refractivity contribution in [3.05, 3.63) is 53.7 Å². The van der Waals surface area contributed by atoms with Crippen LogP contribution in [0.15, 0.2) is 46.5 Å². The first-order valence-corrected chi connectivity index (χ1v) is 5.69. The van der Waals surface area contributed by atoms with E-state index in [2.05, 4.69) is 4.98 Å². The van der Waals surface area contributed by atoms with Crippen molar-refractivity contribution in [2.24, 2.45) is 0 Å². The Balaban J connectivity index is 2.16. The van der Waals surface area contributed by atoms with Crippen molar-refractivity contribution in [1.29, 1.82) is 0 Å². The fourth-order valence-electron chi connectivity index (χ4n) is 1.23. The normalized spacial score (nSPS) is 10.5. The van der Waals surface area contributed by atoms with E-state index in [1.807, 2.05) is 0 Å². The SMILES string of the molecule is OCc1ccc(Sc2ccc(F)c(F)c2)nc1. The molecular formula is C12H9F2NOS. The number of halogens is 2. The molecule has 0 unspecified atom stereocenters. The Morgan fingerprint density at radius 2 is 1.94 bits per heavy atom. The highest BCUT2D eigenvalue weighted by Gasteiger charge is 2.04. The largest absolute Gasteiger partial charge is 0.392 e. The molecule has 17 heavy (non-hydrogen) atoms. The summed E-state index contributed by atoms with van der Waals surface area (Å²) in [6, 6.07) is 7.15. The van der Waals surface area contributed by atoms with Gasteiger partial charge in [-0.3, -0.25) is 0 Å². The number of benzene rings is 1. The van der Waals surface area contributed by atoms with E-state index in [4.69, 9.17) is 5.11 Å². The lowest BCUT2D eigenvalue weighted by molar-refractivity contribution is 0.281. The molecule has 0 aliphatic heterocycles. The van der Waals surface area contributed by atoms with Gasteiger partial charge in [-0.1, -0.05) is 17.8 Å². The third-order valence-electron chi connectivity index (χ3n) is 2.09. The average molecular weight is 253 g/mol. The lowest BCUT2D eigenvalue weighted by Crippen LogP contribution is -1.87. The van der Waals surface area contributed by atoms with Crippen molar-refractivity contribution < 1.29 is 13.9 Å². The standard InChI is InChI=1S/C12H9F2NOS/c13-10-3-2-9(5-11(10)14)17-12-4-1-8(7-16)6-15-12/h1-6,16H,7H2. The number of rotatable bonds is 3. The van der Waals surface area contributed by atoms with E-state index < -0.39 is 11.6 Å². The second kappa shape index (κ2) is 5.25. The smallest absolute Gasteiger partial charge is 0.159 e. The highest BCUT2D eigenvalue weighted by atomic mass is 32.2. The van der Waals surface area contributed by atoms with Gasteiger partial charge >= 0.3 is 0 Å². The molecule has 2 aromatic rings. The summed E-state index contributed by atoms with van der Waals surface area (Å²) in [6.07, 6.45) is 1.54. The van der Waals surface area contributed by atoms with Crippen molar-refractivity contribution in [2.45, 2.75) is 16.5 Å². The van der Waals surface area contributed by atoms with Crippen molar-refractivity contribution in [3.63, 3.8) is 0 Å². The lowest BCUT2D eigenvalue weighted by atomic mass is 10.3. The van der Waals surface area contributed by atoms with Gasteiger partial charge in [0.25, 0.3) is 0 Å². The summed E-state index contributed by atoms with van der Waals surface area (Å²) >= 11 is 1.23. The summed E-state index contributed by atoms with van der Waals surface area (Å²) in [4.78, 5) is 4.66. The molecule has 0 bridgehead atoms. The van der Waals surface area contributed by atoms with Crippen LogP contribution in [0.1, 0.15) is 5.56 Å². The van der Waals surface area contributed by atoms with Crippen LogP contribution in [0.2, 0.25) is 0 Å². The summed E-state index contributed by atoms with van der Waals surface area (Å²) in [5, 5.41) is 9.51. The zero-order chi connectivity index (χ0) is 12.3. The molecule has 0 amide bonds. The zero-order valence-electron chi connectivity index (χ0n) is 8.73. The van der Waals surface area contributed by atoms with Crippen LogP contribution in [0.3, 0.4) is 0 Å². The Kier molecular flexibility index (Phi) is 3.71. The molecule has 1 aromatic carbocycles. The first-order valence-electron chi connectivity index (χ1n) is 4.88. The fraction of sp³-hybridized carbons (Fsp3) is 0.0833. The van der Waals surface area contributed by atoms with Gasteiger partial charge in [-0.15, -0.1) is 0 Å². The summed E-state index contributed by atoms with van der Waals surface area (Å²) in [7, 11) is 0. The van der Waals surface area contributed by atoms with Gasteiger partial charge in [0.05, 0.1) is 6.61 Å². The molecule has 0 fully saturated rings. The Bertz CT molecular complexity index is 516. The number of aromatic nitrogens is 1. The highest BCUT2D eigenvalue weighted by molar-refractivity contribution is 7.99. The highest BCUT2D eigenvalue weighted by Crippen LogP contribution is 2.27. The molecule has 2 rings (SSSR count). The topological polar surface area (TPSA) is 33.1 Å². The Labute approximate surface area is 101 Å². The predicted molar refractivity (Wildman–Crippen MR) is 60.6 cm³/mol. The van der Waals surface area contributed by atoms with E-state index in [1.165, 1.54) is 17.8 Å². The summed E-state index contributed by atoms with van der Waals surface area (Å²) in [6.45, 7) is -0.0663. The molecule has 88 valence electrons. The maximum Gasteiger partial charge on any atom is 0.159 e. The summed E-state index contributed by atoms with van der Waals surface area (Å²) in [5.41, 5.74) is 0.708. The van der Waals surface area contributed by atoms with Gasteiger partial charge < -0.3 is 5.11 Å². The van der Waals surface area contributed by atoms with Gasteiger partial charge in [-0.05, 0) is 29.8 Å². The molecule has 1 heterocycles. The zero-order valence-corrected chi connectivity index (χ0v) is 9.55. The molecule has 0 spiro atoms. The van der Waals surface area contributed by atoms with Gasteiger partial charge in [-0.2, -0.15) is 0 Å². The Morgan fingerprint density at radius 1 is 1.12 bits per heavy atom. The van der Waals surface area contributed by atoms with Crippen LogP contribution in [0, 0.1) is 11.6 Å². The molecule has 0 aliphatic carbocycles. The minimum atomic E-state index is -0.873. The molecule has 0 saturated carbocycles. The minimum absolute atomic E-state index is 0.0663. The third-order valence-corrected chi connectivity index (χ3v) is 3.03. The maximum atomic E-state index is 13.0. The van der Waals surface area contributed by atoms with E-state index in [1.54, 1.807) is 18.3 Å². The molecule has 0 radical (unpaired) electrons. The number of hydrogen-bond donors (Lipinski definition) is 1. The van der Waals surface area contributed by atoms with Crippen LogP contribution in [-0.2, 0) is 6.61 Å². The number of nitrogens with zero attached hydrogens (tertiary/aromatic N) is 1. The van der Waals surface area contributed by atoms with E-state index in [-0.39, 0.29) is 6.61 Å². The van der Waals surface area contributed by atoms with Gasteiger partial charge in [-0.25, -0.2) is 13.8 Å². The predicted octanol–water partition coefficient (Wildman–Crippen LogP) is 3.00. The quantitative estimate of drug-likeness (QED) is 0.912. The number of aliphatic hydroxyl groups is 1. The van der Waals surface area contributed by atoms with Crippen molar-refractivity contribution in [3.8, 4) is 0 Å². The molecule has 0 saturated heterocycles. The fourth-order valence-corrected chi connectivity index (χ4v) is 2.01. The van der Waals surface area contributed by atoms with Crippen molar-refractivity contribution in [1.82, 2.24) is 4.98 Å². The van der Waals surface area contributed by atoms with Crippen LogP contribution >= 0.6 is 11.8 Å². The third kappa shape index (κ3) is 3.01. The van der Waals surface area contributed by atoms with E-state index in [0.29, 0.717) is 15.5 Å². The van der Waals surface area contributed by atoms with E-state index in [9.17, 15) is 8.78 Å². The van der Waals surface area contributed by atoms with E-state index >= 15 is 0 Å². The van der Waals surface area contributed by atoms with Crippen molar-refractivity contribution in [2.75, 3.05) is 0 Å². The lowest BCUT2D eigenvalue weighted by Gasteiger charge is -2.02.